The van der Waals surface area contributed by atoms with Crippen LogP contribution in [0.1, 0.15) is 23.7 Å². The number of ketones is 1. The molecule has 1 heteroatoms. The minimum atomic E-state index is -0.214. The van der Waals surface area contributed by atoms with Crippen molar-refractivity contribution in [3.05, 3.63) is 83.9 Å². The number of carbonyl (C=O) groups is 1. The van der Waals surface area contributed by atoms with Crippen molar-refractivity contribution in [3.63, 3.8) is 0 Å². The van der Waals surface area contributed by atoms with Gasteiger partial charge in [0.2, 0.25) is 0 Å². The second-order valence-electron chi connectivity index (χ2n) is 4.07. The first-order chi connectivity index (χ1) is 9.27. The molecule has 0 heterocycles. The fraction of sp³-hybridized carbons (Fsp3) is 0.118. The van der Waals surface area contributed by atoms with Gasteiger partial charge in [0.15, 0.2) is 5.78 Å². The Kier molecular flexibility index (Phi) is 3.99. The summed E-state index contributed by atoms with van der Waals surface area (Å²) in [7, 11) is 0. The van der Waals surface area contributed by atoms with Gasteiger partial charge >= 0.3 is 0 Å². The fourth-order valence-corrected chi connectivity index (χ4v) is 1.72. The second-order valence-corrected chi connectivity index (χ2v) is 4.07. The van der Waals surface area contributed by atoms with Crippen molar-refractivity contribution < 1.29 is 6.17 Å². The molecule has 0 radical (unpaired) electrons. The first kappa shape index (κ1) is 11.0. The predicted octanol–water partition coefficient (Wildman–Crippen LogP) is 4.06. The van der Waals surface area contributed by atoms with Crippen LogP contribution in [0.4, 0.5) is 0 Å². The molecular formula is C17H16O. The number of allylic oxidation sites excluding steroid dienone is 2. The average molecular weight is 237 g/mol. The van der Waals surface area contributed by atoms with Crippen LogP contribution in [0.15, 0.2) is 72.8 Å². The zero-order chi connectivity index (χ0) is 13.5. The number of benzene rings is 2. The van der Waals surface area contributed by atoms with Crippen LogP contribution in [0, 0.1) is 0 Å². The van der Waals surface area contributed by atoms with Crippen molar-refractivity contribution in [1.82, 2.24) is 0 Å². The molecule has 0 fully saturated rings. The zero-order valence-corrected chi connectivity index (χ0v) is 10.2. The molecule has 0 bridgehead atoms. The van der Waals surface area contributed by atoms with Gasteiger partial charge < -0.3 is 0 Å². The summed E-state index contributed by atoms with van der Waals surface area (Å²) in [6.45, 7) is 0. The van der Waals surface area contributed by atoms with E-state index >= 15 is 0 Å². The van der Waals surface area contributed by atoms with Crippen LogP contribution in [0.2, 0.25) is 0 Å². The van der Waals surface area contributed by atoms with Crippen molar-refractivity contribution >= 4 is 5.78 Å². The topological polar surface area (TPSA) is 17.1 Å². The van der Waals surface area contributed by atoms with E-state index in [1.807, 2.05) is 36.4 Å². The quantitative estimate of drug-likeness (QED) is 0.566. The van der Waals surface area contributed by atoms with E-state index in [1.54, 1.807) is 18.2 Å². The number of rotatable bonds is 5. The van der Waals surface area contributed by atoms with Crippen molar-refractivity contribution in [2.24, 2.45) is 0 Å². The Bertz CT molecular complexity index is 558. The Morgan fingerprint density at radius 3 is 2.28 bits per heavy atom. The lowest BCUT2D eigenvalue weighted by molar-refractivity contribution is 0.104. The van der Waals surface area contributed by atoms with Gasteiger partial charge in [-0.2, -0.15) is 0 Å². The van der Waals surface area contributed by atoms with E-state index in [9.17, 15) is 4.79 Å². The molecule has 0 aliphatic carbocycles. The van der Waals surface area contributed by atoms with E-state index < -0.39 is 0 Å². The summed E-state index contributed by atoms with van der Waals surface area (Å²) in [6, 6.07) is 19.1. The fourth-order valence-electron chi connectivity index (χ4n) is 1.72. The van der Waals surface area contributed by atoms with Crippen molar-refractivity contribution in [3.8, 4) is 0 Å². The van der Waals surface area contributed by atoms with Gasteiger partial charge in [0, 0.05) is 5.56 Å². The number of hydrogen-bond donors (Lipinski definition) is 0. The van der Waals surface area contributed by atoms with Gasteiger partial charge in [0.25, 0.3) is 0 Å². The van der Waals surface area contributed by atoms with Gasteiger partial charge in [-0.3, -0.25) is 4.79 Å². The van der Waals surface area contributed by atoms with E-state index in [0.29, 0.717) is 12.0 Å². The van der Waals surface area contributed by atoms with Gasteiger partial charge in [0.05, 0.1) is 1.37 Å². The molecule has 90 valence electrons. The largest absolute Gasteiger partial charge is 0.289 e. The van der Waals surface area contributed by atoms with Gasteiger partial charge in [-0.25, -0.2) is 0 Å². The van der Waals surface area contributed by atoms with E-state index in [0.717, 1.165) is 6.42 Å². The molecule has 0 unspecified atom stereocenters. The highest BCUT2D eigenvalue weighted by molar-refractivity contribution is 6.04. The lowest BCUT2D eigenvalue weighted by Gasteiger charge is -1.97. The summed E-state index contributed by atoms with van der Waals surface area (Å²) in [4.78, 5) is 11.9. The summed E-state index contributed by atoms with van der Waals surface area (Å²) >= 11 is 0. The molecule has 0 aliphatic rings. The molecule has 0 saturated carbocycles. The van der Waals surface area contributed by atoms with Crippen LogP contribution in [-0.2, 0) is 6.42 Å². The summed E-state index contributed by atoms with van der Waals surface area (Å²) in [5, 5.41) is 0. The SMILES string of the molecule is [2H]/C(=C/CCc1ccccc1)C(=O)c1ccccc1. The molecule has 0 aromatic heterocycles. The maximum absolute atomic E-state index is 11.9. The summed E-state index contributed by atoms with van der Waals surface area (Å²) in [5.41, 5.74) is 1.79. The Morgan fingerprint density at radius 2 is 1.61 bits per heavy atom. The molecule has 0 aliphatic heterocycles. The molecular weight excluding hydrogens is 220 g/mol. The lowest BCUT2D eigenvalue weighted by atomic mass is 10.1. The monoisotopic (exact) mass is 237 g/mol. The molecule has 0 amide bonds. The highest BCUT2D eigenvalue weighted by atomic mass is 16.1. The van der Waals surface area contributed by atoms with Crippen molar-refractivity contribution in [2.45, 2.75) is 12.8 Å². The van der Waals surface area contributed by atoms with Gasteiger partial charge in [0.1, 0.15) is 0 Å². The van der Waals surface area contributed by atoms with Gasteiger partial charge in [-0.05, 0) is 24.5 Å². The maximum Gasteiger partial charge on any atom is 0.185 e. The van der Waals surface area contributed by atoms with E-state index in [1.165, 1.54) is 5.56 Å². The number of hydrogen-bond acceptors (Lipinski definition) is 1. The van der Waals surface area contributed by atoms with Crippen LogP contribution in [0.3, 0.4) is 0 Å². The zero-order valence-electron chi connectivity index (χ0n) is 11.2. The van der Waals surface area contributed by atoms with E-state index in [-0.39, 0.29) is 11.8 Å². The van der Waals surface area contributed by atoms with Crippen molar-refractivity contribution in [1.29, 1.82) is 0 Å². The first-order valence-electron chi connectivity index (χ1n) is 6.58. The van der Waals surface area contributed by atoms with Crippen molar-refractivity contribution in [2.75, 3.05) is 0 Å². The molecule has 1 nitrogen and oxygen atoms in total. The van der Waals surface area contributed by atoms with Crippen LogP contribution in [-0.4, -0.2) is 5.78 Å². The maximum atomic E-state index is 11.9. The molecule has 0 spiro atoms. The lowest BCUT2D eigenvalue weighted by Crippen LogP contribution is -1.93. The van der Waals surface area contributed by atoms with E-state index in [4.69, 9.17) is 1.37 Å². The second kappa shape index (κ2) is 6.55. The standard InChI is InChI=1S/C17H16O/c18-17(16-12-5-2-6-13-16)14-8-7-11-15-9-3-1-4-10-15/h1-6,8-10,12-14H,7,11H2/b14-8-/i14D. The predicted molar refractivity (Wildman–Crippen MR) is 74.7 cm³/mol. The van der Waals surface area contributed by atoms with Crippen LogP contribution in [0.25, 0.3) is 0 Å². The van der Waals surface area contributed by atoms with E-state index in [2.05, 4.69) is 12.1 Å². The Labute approximate surface area is 109 Å². The minimum absolute atomic E-state index is 0.0714. The summed E-state index contributed by atoms with van der Waals surface area (Å²) < 4.78 is 7.79. The average Bonchev–Trinajstić information content (AvgIpc) is 2.48. The molecule has 0 atom stereocenters. The summed E-state index contributed by atoms with van der Waals surface area (Å²) in [5.74, 6) is -0.214. The number of aryl methyl sites for hydroxylation is 1. The molecule has 2 aromatic carbocycles. The Balaban J connectivity index is 1.94. The van der Waals surface area contributed by atoms with Gasteiger partial charge in [-0.1, -0.05) is 66.7 Å². The third-order valence-electron chi connectivity index (χ3n) is 2.69. The smallest absolute Gasteiger partial charge is 0.185 e. The van der Waals surface area contributed by atoms with Gasteiger partial charge in [-0.15, -0.1) is 0 Å². The molecule has 0 N–H and O–H groups in total. The Hall–Kier alpha value is -2.15. The minimum Gasteiger partial charge on any atom is -0.289 e. The normalized spacial score (nSPS) is 12.0. The molecule has 18 heavy (non-hydrogen) atoms. The van der Waals surface area contributed by atoms with Crippen LogP contribution < -0.4 is 0 Å². The Morgan fingerprint density at radius 1 is 1.00 bits per heavy atom. The third kappa shape index (κ3) is 3.70. The number of carbonyl (C=O) groups excluding carboxylic acids is 1. The van der Waals surface area contributed by atoms with Crippen LogP contribution in [0.5, 0.6) is 0 Å². The molecule has 0 saturated heterocycles. The molecule has 2 aromatic rings. The molecule has 2 rings (SSSR count). The van der Waals surface area contributed by atoms with Crippen LogP contribution >= 0.6 is 0 Å². The first-order valence-corrected chi connectivity index (χ1v) is 6.08. The third-order valence-corrected chi connectivity index (χ3v) is 2.69. The highest BCUT2D eigenvalue weighted by Gasteiger charge is 1.98. The highest BCUT2D eigenvalue weighted by Crippen LogP contribution is 2.04. The summed E-state index contributed by atoms with van der Waals surface area (Å²) in [6.07, 6.45) is 3.26.